The van der Waals surface area contributed by atoms with Gasteiger partial charge in [0.15, 0.2) is 0 Å². The van der Waals surface area contributed by atoms with Gasteiger partial charge in [-0.3, -0.25) is 4.79 Å². The molecule has 188 valence electrons. The van der Waals surface area contributed by atoms with Gasteiger partial charge >= 0.3 is 0 Å². The maximum atomic E-state index is 13.6. The van der Waals surface area contributed by atoms with Crippen LogP contribution in [0.2, 0.25) is 5.02 Å². The lowest BCUT2D eigenvalue weighted by molar-refractivity contribution is 0.103. The highest BCUT2D eigenvalue weighted by Gasteiger charge is 2.25. The van der Waals surface area contributed by atoms with Crippen LogP contribution in [0.1, 0.15) is 46.3 Å². The Morgan fingerprint density at radius 1 is 1.11 bits per heavy atom. The Morgan fingerprint density at radius 3 is 2.62 bits per heavy atom. The van der Waals surface area contributed by atoms with Gasteiger partial charge in [0.05, 0.1) is 26.5 Å². The van der Waals surface area contributed by atoms with Crippen LogP contribution in [0.3, 0.4) is 0 Å². The lowest BCUT2D eigenvalue weighted by Gasteiger charge is -2.16. The monoisotopic (exact) mass is 532 g/mol. The van der Waals surface area contributed by atoms with E-state index in [1.165, 1.54) is 23.0 Å². The molecule has 0 bridgehead atoms. The van der Waals surface area contributed by atoms with Crippen LogP contribution in [0, 0.1) is 11.3 Å². The standard InChI is InChI=1S/C28H25ClN4O3S/c1-33-28(36-18-19-9-10-20-7-3-4-8-21(20)15-19)24(17-31-33)27(34)23-12-11-22(16-30)26(25(23)29)32-37(35)13-5-2-6-14-37/h3-4,7-12,15,17H,2,5-6,13-14,18H2,1H3. The number of carbonyl (C=O) groups excluding carboxylic acids is 1. The van der Waals surface area contributed by atoms with E-state index in [9.17, 15) is 14.3 Å². The third-order valence-corrected chi connectivity index (χ3v) is 9.23. The topological polar surface area (TPSA) is 97.3 Å². The molecule has 5 rings (SSSR count). The van der Waals surface area contributed by atoms with Crippen molar-refractivity contribution in [3.05, 3.63) is 88.1 Å². The van der Waals surface area contributed by atoms with Gasteiger partial charge in [-0.15, -0.1) is 0 Å². The van der Waals surface area contributed by atoms with E-state index in [1.54, 1.807) is 7.05 Å². The van der Waals surface area contributed by atoms with Gasteiger partial charge in [-0.25, -0.2) is 8.89 Å². The number of aryl methyl sites for hydroxylation is 1. The minimum atomic E-state index is -2.53. The van der Waals surface area contributed by atoms with Crippen molar-refractivity contribution in [2.24, 2.45) is 11.4 Å². The van der Waals surface area contributed by atoms with Gasteiger partial charge in [-0.1, -0.05) is 54.4 Å². The number of ether oxygens (including phenoxy) is 1. The molecule has 9 heteroatoms. The van der Waals surface area contributed by atoms with Crippen LogP contribution in [0.4, 0.5) is 5.69 Å². The van der Waals surface area contributed by atoms with Crippen LogP contribution in [0.5, 0.6) is 5.88 Å². The average molecular weight is 533 g/mol. The summed E-state index contributed by atoms with van der Waals surface area (Å²) >= 11 is 6.65. The molecule has 0 radical (unpaired) electrons. The number of nitriles is 1. The van der Waals surface area contributed by atoms with E-state index >= 15 is 0 Å². The second-order valence-electron chi connectivity index (χ2n) is 9.05. The first-order valence-corrected chi connectivity index (χ1v) is 14.2. The van der Waals surface area contributed by atoms with Gasteiger partial charge in [0, 0.05) is 24.1 Å². The Balaban J connectivity index is 1.47. The zero-order valence-electron chi connectivity index (χ0n) is 20.3. The molecule has 3 aromatic carbocycles. The number of aromatic nitrogens is 2. The van der Waals surface area contributed by atoms with Crippen molar-refractivity contribution in [1.82, 2.24) is 9.78 Å². The molecule has 4 aromatic rings. The molecule has 0 unspecified atom stereocenters. The molecule has 0 aliphatic carbocycles. The number of carbonyl (C=O) groups is 1. The largest absolute Gasteiger partial charge is 0.472 e. The fourth-order valence-corrected chi connectivity index (χ4v) is 7.05. The molecule has 0 atom stereocenters. The predicted molar refractivity (Wildman–Crippen MR) is 145 cm³/mol. The molecule has 37 heavy (non-hydrogen) atoms. The lowest BCUT2D eigenvalue weighted by atomic mass is 10.0. The van der Waals surface area contributed by atoms with Crippen molar-refractivity contribution in [2.45, 2.75) is 25.9 Å². The number of rotatable bonds is 6. The molecule has 1 aromatic heterocycles. The highest BCUT2D eigenvalue weighted by Crippen LogP contribution is 2.36. The summed E-state index contributed by atoms with van der Waals surface area (Å²) in [6.07, 6.45) is 4.07. The molecule has 1 aliphatic heterocycles. The van der Waals surface area contributed by atoms with Crippen LogP contribution in [0.15, 0.2) is 65.2 Å². The van der Waals surface area contributed by atoms with Gasteiger partial charge in [0.1, 0.15) is 23.9 Å². The molecule has 7 nitrogen and oxygen atoms in total. The summed E-state index contributed by atoms with van der Waals surface area (Å²) in [5.41, 5.74) is 1.65. The van der Waals surface area contributed by atoms with Crippen molar-refractivity contribution >= 4 is 43.6 Å². The molecule has 2 heterocycles. The van der Waals surface area contributed by atoms with Crippen LogP contribution < -0.4 is 4.74 Å². The zero-order chi connectivity index (χ0) is 26.0. The van der Waals surface area contributed by atoms with E-state index in [2.05, 4.69) is 15.5 Å². The average Bonchev–Trinajstić information content (AvgIpc) is 3.28. The Labute approximate surface area is 220 Å². The second kappa shape index (κ2) is 10.4. The summed E-state index contributed by atoms with van der Waals surface area (Å²) < 4.78 is 25.3. The van der Waals surface area contributed by atoms with Gasteiger partial charge in [0.25, 0.3) is 0 Å². The number of halogens is 1. The first kappa shape index (κ1) is 25.0. The fraction of sp³-hybridized carbons (Fsp3) is 0.250. The molecular formula is C28H25ClN4O3S. The van der Waals surface area contributed by atoms with E-state index in [4.69, 9.17) is 16.3 Å². The van der Waals surface area contributed by atoms with Crippen LogP contribution >= 0.6 is 11.6 Å². The first-order valence-electron chi connectivity index (χ1n) is 12.0. The minimum Gasteiger partial charge on any atom is -0.472 e. The Hall–Kier alpha value is -3.67. The summed E-state index contributed by atoms with van der Waals surface area (Å²) in [5.74, 6) is 0.810. The number of hydrogen-bond acceptors (Lipinski definition) is 6. The molecular weight excluding hydrogens is 508 g/mol. The quantitative estimate of drug-likeness (QED) is 0.276. The Morgan fingerprint density at radius 2 is 1.86 bits per heavy atom. The molecule has 0 N–H and O–H groups in total. The predicted octanol–water partition coefficient (Wildman–Crippen LogP) is 6.19. The molecule has 1 aliphatic rings. The summed E-state index contributed by atoms with van der Waals surface area (Å²) in [4.78, 5) is 13.6. The second-order valence-corrected chi connectivity index (χ2v) is 12.0. The van der Waals surface area contributed by atoms with Crippen molar-refractivity contribution in [3.8, 4) is 11.9 Å². The fourth-order valence-electron chi connectivity index (χ4n) is 4.49. The highest BCUT2D eigenvalue weighted by atomic mass is 35.5. The summed E-state index contributed by atoms with van der Waals surface area (Å²) in [7, 11) is -0.832. The van der Waals surface area contributed by atoms with Crippen molar-refractivity contribution in [1.29, 1.82) is 5.26 Å². The van der Waals surface area contributed by atoms with Crippen molar-refractivity contribution < 1.29 is 13.7 Å². The maximum Gasteiger partial charge on any atom is 0.223 e. The van der Waals surface area contributed by atoms with E-state index < -0.39 is 15.5 Å². The van der Waals surface area contributed by atoms with Gasteiger partial charge in [-0.05, 0) is 47.4 Å². The van der Waals surface area contributed by atoms with Crippen LogP contribution in [-0.2, 0) is 23.4 Å². The lowest BCUT2D eigenvalue weighted by Crippen LogP contribution is -2.16. The van der Waals surface area contributed by atoms with Gasteiger partial charge in [-0.2, -0.15) is 14.7 Å². The highest BCUT2D eigenvalue weighted by molar-refractivity contribution is 7.93. The van der Waals surface area contributed by atoms with Gasteiger partial charge < -0.3 is 4.74 Å². The Bertz CT molecular complexity index is 1670. The number of hydrogen-bond donors (Lipinski definition) is 0. The van der Waals surface area contributed by atoms with Crippen LogP contribution in [-0.4, -0.2) is 31.3 Å². The van der Waals surface area contributed by atoms with E-state index in [0.717, 1.165) is 35.6 Å². The molecule has 1 saturated heterocycles. The molecule has 0 spiro atoms. The van der Waals surface area contributed by atoms with Crippen LogP contribution in [0.25, 0.3) is 10.8 Å². The molecule has 0 saturated carbocycles. The van der Waals surface area contributed by atoms with Crippen molar-refractivity contribution in [3.63, 3.8) is 0 Å². The number of ketones is 1. The van der Waals surface area contributed by atoms with E-state index in [0.29, 0.717) is 17.4 Å². The Kier molecular flexibility index (Phi) is 7.00. The van der Waals surface area contributed by atoms with Gasteiger partial charge in [0.2, 0.25) is 11.7 Å². The van der Waals surface area contributed by atoms with E-state index in [-0.39, 0.29) is 34.0 Å². The maximum absolute atomic E-state index is 13.6. The summed E-state index contributed by atoms with van der Waals surface area (Å²) in [5, 5.41) is 16.1. The minimum absolute atomic E-state index is 0.0154. The normalized spacial score (nSPS) is 14.7. The first-order chi connectivity index (χ1) is 17.9. The molecule has 0 amide bonds. The zero-order valence-corrected chi connectivity index (χ0v) is 21.9. The van der Waals surface area contributed by atoms with E-state index in [1.807, 2.05) is 42.5 Å². The summed E-state index contributed by atoms with van der Waals surface area (Å²) in [6, 6.07) is 19.2. The van der Waals surface area contributed by atoms with Crippen molar-refractivity contribution in [2.75, 3.05) is 11.5 Å². The molecule has 1 fully saturated rings. The third-order valence-electron chi connectivity index (χ3n) is 6.48. The SMILES string of the molecule is Cn1ncc(C(=O)c2ccc(C#N)c(N=S3(=O)CCCCC3)c2Cl)c1OCc1ccc2ccccc2c1. The number of benzene rings is 3. The smallest absolute Gasteiger partial charge is 0.223 e. The number of fused-ring (bicyclic) bond motifs is 1. The third kappa shape index (κ3) is 5.10. The summed E-state index contributed by atoms with van der Waals surface area (Å²) in [6.45, 7) is 0.244. The number of nitrogens with zero attached hydrogens (tertiary/aromatic N) is 4.